The fourth-order valence-corrected chi connectivity index (χ4v) is 2.19. The largest absolute Gasteiger partial charge is 0.288 e. The van der Waals surface area contributed by atoms with E-state index in [2.05, 4.69) is 26.0 Å². The van der Waals surface area contributed by atoms with Gasteiger partial charge in [-0.3, -0.25) is 19.8 Å². The van der Waals surface area contributed by atoms with Crippen molar-refractivity contribution in [2.24, 2.45) is 5.10 Å². The molecule has 0 bridgehead atoms. The molecule has 0 aliphatic rings. The standard InChI is InChI=1S/C15H12BrFN4O3/c1-21(15(23)10-4-2-3-5-11(10)16)19-8-13-12(17)6-9(7-18-13)14(22)20-24/h2-8,24H,1H3,(H,20,22)/b19-8+. The van der Waals surface area contributed by atoms with Crippen molar-refractivity contribution < 1.29 is 19.2 Å². The summed E-state index contributed by atoms with van der Waals surface area (Å²) in [4.78, 5) is 27.1. The molecule has 0 unspecified atom stereocenters. The monoisotopic (exact) mass is 394 g/mol. The number of nitrogens with zero attached hydrogens (tertiary/aromatic N) is 3. The van der Waals surface area contributed by atoms with Crippen LogP contribution < -0.4 is 5.48 Å². The number of benzene rings is 1. The molecule has 1 aromatic carbocycles. The molecule has 2 rings (SSSR count). The zero-order valence-electron chi connectivity index (χ0n) is 12.4. The zero-order valence-corrected chi connectivity index (χ0v) is 14.0. The molecule has 124 valence electrons. The SMILES string of the molecule is CN(/N=C/c1ncc(C(=O)NO)cc1F)C(=O)c1ccccc1Br. The maximum absolute atomic E-state index is 13.9. The molecule has 0 radical (unpaired) electrons. The topological polar surface area (TPSA) is 94.9 Å². The molecule has 0 fully saturated rings. The number of hydrazone groups is 1. The fraction of sp³-hybridized carbons (Fsp3) is 0.0667. The zero-order chi connectivity index (χ0) is 17.7. The van der Waals surface area contributed by atoms with Crippen molar-refractivity contribution in [3.8, 4) is 0 Å². The van der Waals surface area contributed by atoms with Crippen LogP contribution in [0.15, 0.2) is 46.1 Å². The van der Waals surface area contributed by atoms with Crippen LogP contribution in [0.25, 0.3) is 0 Å². The Labute approximate surface area is 144 Å². The highest BCUT2D eigenvalue weighted by molar-refractivity contribution is 9.10. The highest BCUT2D eigenvalue weighted by Gasteiger charge is 2.14. The molecule has 0 aliphatic carbocycles. The van der Waals surface area contributed by atoms with Gasteiger partial charge in [-0.25, -0.2) is 14.9 Å². The number of hydrogen-bond acceptors (Lipinski definition) is 5. The van der Waals surface area contributed by atoms with Gasteiger partial charge in [0.05, 0.1) is 17.3 Å². The molecular weight excluding hydrogens is 383 g/mol. The first-order chi connectivity index (χ1) is 11.4. The minimum absolute atomic E-state index is 0.148. The van der Waals surface area contributed by atoms with Gasteiger partial charge in [-0.1, -0.05) is 12.1 Å². The lowest BCUT2D eigenvalue weighted by Crippen LogP contribution is -2.22. The van der Waals surface area contributed by atoms with E-state index in [0.29, 0.717) is 10.0 Å². The summed E-state index contributed by atoms with van der Waals surface area (Å²) in [6, 6.07) is 7.72. The maximum Gasteiger partial charge on any atom is 0.276 e. The second-order valence-electron chi connectivity index (χ2n) is 4.59. The molecular formula is C15H12BrFN4O3. The predicted octanol–water partition coefficient (Wildman–Crippen LogP) is 2.21. The number of nitrogens with one attached hydrogen (secondary N) is 1. The number of amides is 2. The first-order valence-electron chi connectivity index (χ1n) is 6.60. The molecule has 1 aromatic heterocycles. The lowest BCUT2D eigenvalue weighted by molar-refractivity contribution is 0.0705. The van der Waals surface area contributed by atoms with Gasteiger partial charge in [-0.15, -0.1) is 0 Å². The molecule has 2 N–H and O–H groups in total. The average molecular weight is 395 g/mol. The smallest absolute Gasteiger partial charge is 0.276 e. The van der Waals surface area contributed by atoms with Crippen LogP contribution >= 0.6 is 15.9 Å². The summed E-state index contributed by atoms with van der Waals surface area (Å²) in [5.41, 5.74) is 1.48. The Morgan fingerprint density at radius 2 is 2.12 bits per heavy atom. The van der Waals surface area contributed by atoms with E-state index in [1.807, 2.05) is 0 Å². The van der Waals surface area contributed by atoms with E-state index in [9.17, 15) is 14.0 Å². The normalized spacial score (nSPS) is 10.7. The molecule has 7 nitrogen and oxygen atoms in total. The molecule has 2 amide bonds. The Kier molecular flexibility index (Phi) is 5.72. The second kappa shape index (κ2) is 7.75. The third-order valence-electron chi connectivity index (χ3n) is 2.98. The van der Waals surface area contributed by atoms with Gasteiger partial charge in [0.25, 0.3) is 11.8 Å². The number of pyridine rings is 1. The average Bonchev–Trinajstić information content (AvgIpc) is 2.59. The van der Waals surface area contributed by atoms with Crippen molar-refractivity contribution in [3.63, 3.8) is 0 Å². The van der Waals surface area contributed by atoms with Crippen molar-refractivity contribution >= 4 is 34.0 Å². The van der Waals surface area contributed by atoms with E-state index in [-0.39, 0.29) is 11.3 Å². The number of rotatable bonds is 4. The molecule has 0 saturated heterocycles. The summed E-state index contributed by atoms with van der Waals surface area (Å²) < 4.78 is 14.5. The number of hydrogen-bond donors (Lipinski definition) is 2. The van der Waals surface area contributed by atoms with Crippen LogP contribution in [0.2, 0.25) is 0 Å². The molecule has 0 saturated carbocycles. The Hall–Kier alpha value is -2.65. The summed E-state index contributed by atoms with van der Waals surface area (Å²) in [6.45, 7) is 0. The molecule has 24 heavy (non-hydrogen) atoms. The van der Waals surface area contributed by atoms with Crippen LogP contribution in [-0.4, -0.2) is 40.3 Å². The summed E-state index contributed by atoms with van der Waals surface area (Å²) in [5, 5.41) is 13.4. The fourth-order valence-electron chi connectivity index (χ4n) is 1.73. The quantitative estimate of drug-likeness (QED) is 0.472. The predicted molar refractivity (Wildman–Crippen MR) is 87.3 cm³/mol. The number of carbonyl (C=O) groups is 2. The number of hydroxylamine groups is 1. The van der Waals surface area contributed by atoms with Crippen LogP contribution in [0.3, 0.4) is 0 Å². The van der Waals surface area contributed by atoms with E-state index >= 15 is 0 Å². The van der Waals surface area contributed by atoms with Crippen LogP contribution in [-0.2, 0) is 0 Å². The second-order valence-corrected chi connectivity index (χ2v) is 5.44. The lowest BCUT2D eigenvalue weighted by Gasteiger charge is -2.11. The van der Waals surface area contributed by atoms with Crippen molar-refractivity contribution in [2.75, 3.05) is 7.05 Å². The Morgan fingerprint density at radius 1 is 1.42 bits per heavy atom. The lowest BCUT2D eigenvalue weighted by atomic mass is 10.2. The summed E-state index contributed by atoms with van der Waals surface area (Å²) in [5.74, 6) is -2.09. The molecule has 2 aromatic rings. The van der Waals surface area contributed by atoms with Gasteiger partial charge in [0, 0.05) is 17.7 Å². The Bertz CT molecular complexity index is 813. The van der Waals surface area contributed by atoms with Gasteiger partial charge >= 0.3 is 0 Å². The molecule has 1 heterocycles. The van der Waals surface area contributed by atoms with E-state index in [0.717, 1.165) is 23.5 Å². The third-order valence-corrected chi connectivity index (χ3v) is 3.68. The first-order valence-corrected chi connectivity index (χ1v) is 7.40. The van der Waals surface area contributed by atoms with E-state index in [4.69, 9.17) is 5.21 Å². The van der Waals surface area contributed by atoms with Gasteiger partial charge in [-0.2, -0.15) is 5.10 Å². The highest BCUT2D eigenvalue weighted by atomic mass is 79.9. The van der Waals surface area contributed by atoms with Crippen molar-refractivity contribution in [1.82, 2.24) is 15.5 Å². The van der Waals surface area contributed by atoms with Crippen LogP contribution in [0.5, 0.6) is 0 Å². The van der Waals surface area contributed by atoms with Crippen LogP contribution in [0.1, 0.15) is 26.4 Å². The van der Waals surface area contributed by atoms with E-state index in [1.165, 1.54) is 12.5 Å². The maximum atomic E-state index is 13.9. The third kappa shape index (κ3) is 4.00. The van der Waals surface area contributed by atoms with Gasteiger partial charge in [0.2, 0.25) is 0 Å². The number of carbonyl (C=O) groups excluding carboxylic acids is 2. The minimum Gasteiger partial charge on any atom is -0.288 e. The Balaban J connectivity index is 2.17. The minimum atomic E-state index is -0.883. The molecule has 0 atom stereocenters. The van der Waals surface area contributed by atoms with Gasteiger partial charge in [0.1, 0.15) is 5.69 Å². The van der Waals surface area contributed by atoms with Crippen molar-refractivity contribution in [3.05, 3.63) is 63.6 Å². The first kappa shape index (κ1) is 17.7. The number of aromatic nitrogens is 1. The van der Waals surface area contributed by atoms with Gasteiger partial charge in [-0.05, 0) is 34.1 Å². The van der Waals surface area contributed by atoms with E-state index in [1.54, 1.807) is 24.3 Å². The Morgan fingerprint density at radius 3 is 2.75 bits per heavy atom. The molecule has 0 spiro atoms. The van der Waals surface area contributed by atoms with Crippen LogP contribution in [0, 0.1) is 5.82 Å². The number of halogens is 2. The van der Waals surface area contributed by atoms with Gasteiger partial charge < -0.3 is 0 Å². The summed E-state index contributed by atoms with van der Waals surface area (Å²) >= 11 is 3.27. The highest BCUT2D eigenvalue weighted by Crippen LogP contribution is 2.17. The van der Waals surface area contributed by atoms with Crippen LogP contribution in [0.4, 0.5) is 4.39 Å². The molecule has 0 aliphatic heterocycles. The van der Waals surface area contributed by atoms with Crippen molar-refractivity contribution in [2.45, 2.75) is 0 Å². The van der Waals surface area contributed by atoms with E-state index < -0.39 is 17.6 Å². The summed E-state index contributed by atoms with van der Waals surface area (Å²) in [6.07, 6.45) is 2.14. The summed E-state index contributed by atoms with van der Waals surface area (Å²) in [7, 11) is 1.42. The van der Waals surface area contributed by atoms with Crippen molar-refractivity contribution in [1.29, 1.82) is 0 Å². The van der Waals surface area contributed by atoms with Gasteiger partial charge in [0.15, 0.2) is 5.82 Å². The molecule has 9 heteroatoms.